The molecule has 1 N–H and O–H groups in total. The number of aryl methyl sites for hydroxylation is 2. The largest absolute Gasteiger partial charge is 0.271 e. The smallest absolute Gasteiger partial charge is 0.244 e. The van der Waals surface area contributed by atoms with Crippen LogP contribution in [0.2, 0.25) is 0 Å². The van der Waals surface area contributed by atoms with E-state index < -0.39 is 15.6 Å². The van der Waals surface area contributed by atoms with Crippen LogP contribution in [0, 0.1) is 13.8 Å². The van der Waals surface area contributed by atoms with Crippen molar-refractivity contribution in [3.05, 3.63) is 11.4 Å². The van der Waals surface area contributed by atoms with Crippen LogP contribution in [0.25, 0.3) is 0 Å². The van der Waals surface area contributed by atoms with E-state index in [-0.39, 0.29) is 10.8 Å². The number of hydrogen-bond acceptors (Lipinski definition) is 3. The second-order valence-electron chi connectivity index (χ2n) is 4.75. The molecule has 1 rings (SSSR count). The van der Waals surface area contributed by atoms with Gasteiger partial charge < -0.3 is 0 Å². The van der Waals surface area contributed by atoms with Gasteiger partial charge in [0.1, 0.15) is 4.90 Å². The molecule has 0 aliphatic carbocycles. The Morgan fingerprint density at radius 1 is 1.41 bits per heavy atom. The zero-order valence-electron chi connectivity index (χ0n) is 10.7. The first-order valence-electron chi connectivity index (χ1n) is 5.21. The number of sulfonamides is 1. The van der Waals surface area contributed by atoms with Gasteiger partial charge >= 0.3 is 0 Å². The quantitative estimate of drug-likeness (QED) is 0.846. The molecule has 7 heteroatoms. The predicted octanol–water partition coefficient (Wildman–Crippen LogP) is 1.33. The molecule has 0 spiro atoms. The molecule has 0 fully saturated rings. The van der Waals surface area contributed by atoms with E-state index in [1.165, 1.54) is 0 Å². The van der Waals surface area contributed by atoms with Crippen LogP contribution in [-0.4, -0.2) is 29.6 Å². The Labute approximate surface area is 107 Å². The van der Waals surface area contributed by atoms with Crippen LogP contribution in [0.3, 0.4) is 0 Å². The topological polar surface area (TPSA) is 64.0 Å². The first-order chi connectivity index (χ1) is 7.60. The molecule has 0 radical (unpaired) electrons. The van der Waals surface area contributed by atoms with Gasteiger partial charge in [-0.05, 0) is 27.7 Å². The third kappa shape index (κ3) is 3.00. The normalized spacial score (nSPS) is 13.1. The van der Waals surface area contributed by atoms with Gasteiger partial charge in [0.25, 0.3) is 0 Å². The van der Waals surface area contributed by atoms with Crippen molar-refractivity contribution in [2.24, 2.45) is 7.05 Å². The van der Waals surface area contributed by atoms with Gasteiger partial charge in [-0.3, -0.25) is 4.68 Å². The summed E-state index contributed by atoms with van der Waals surface area (Å²) in [6.07, 6.45) is 0. The van der Waals surface area contributed by atoms with Crippen LogP contribution >= 0.6 is 11.6 Å². The fourth-order valence-electron chi connectivity index (χ4n) is 1.59. The maximum absolute atomic E-state index is 12.2. The van der Waals surface area contributed by atoms with E-state index in [1.54, 1.807) is 39.4 Å². The minimum Gasteiger partial charge on any atom is -0.271 e. The summed E-state index contributed by atoms with van der Waals surface area (Å²) in [6, 6.07) is 0. The molecule has 0 saturated carbocycles. The Kier molecular flexibility index (Phi) is 3.91. The number of alkyl halides is 1. The summed E-state index contributed by atoms with van der Waals surface area (Å²) in [5, 5.41) is 4.10. The molecule has 0 atom stereocenters. The highest BCUT2D eigenvalue weighted by molar-refractivity contribution is 7.89. The van der Waals surface area contributed by atoms with Gasteiger partial charge in [-0.2, -0.15) is 5.10 Å². The van der Waals surface area contributed by atoms with E-state index in [2.05, 4.69) is 9.82 Å². The van der Waals surface area contributed by atoms with Crippen molar-refractivity contribution in [3.63, 3.8) is 0 Å². The van der Waals surface area contributed by atoms with Gasteiger partial charge in [0.2, 0.25) is 10.0 Å². The maximum Gasteiger partial charge on any atom is 0.244 e. The van der Waals surface area contributed by atoms with Crippen LogP contribution in [0.15, 0.2) is 4.90 Å². The Hall–Kier alpha value is -0.590. The predicted molar refractivity (Wildman–Crippen MR) is 67.8 cm³/mol. The second-order valence-corrected chi connectivity index (χ2v) is 6.63. The molecular weight excluding hydrogens is 262 g/mol. The van der Waals surface area contributed by atoms with Crippen molar-refractivity contribution >= 4 is 21.6 Å². The minimum atomic E-state index is -3.59. The van der Waals surface area contributed by atoms with Gasteiger partial charge in [0, 0.05) is 18.5 Å². The third-order valence-corrected chi connectivity index (χ3v) is 5.07. The average Bonchev–Trinajstić information content (AvgIpc) is 2.39. The second kappa shape index (κ2) is 4.59. The van der Waals surface area contributed by atoms with Crippen molar-refractivity contribution in [3.8, 4) is 0 Å². The highest BCUT2D eigenvalue weighted by Gasteiger charge is 2.29. The van der Waals surface area contributed by atoms with Crippen molar-refractivity contribution in [2.75, 3.05) is 5.88 Å². The lowest BCUT2D eigenvalue weighted by Gasteiger charge is -2.23. The Morgan fingerprint density at radius 2 is 1.94 bits per heavy atom. The fraction of sp³-hybridized carbons (Fsp3) is 0.700. The molecule has 0 saturated heterocycles. The third-order valence-electron chi connectivity index (χ3n) is 2.46. The van der Waals surface area contributed by atoms with Crippen molar-refractivity contribution in [1.82, 2.24) is 14.5 Å². The summed E-state index contributed by atoms with van der Waals surface area (Å²) < 4.78 is 28.6. The number of rotatable bonds is 4. The molecule has 0 amide bonds. The van der Waals surface area contributed by atoms with E-state index in [4.69, 9.17) is 11.6 Å². The Balaban J connectivity index is 3.23. The lowest BCUT2D eigenvalue weighted by atomic mass is 10.1. The molecule has 1 aromatic heterocycles. The van der Waals surface area contributed by atoms with Crippen LogP contribution in [0.5, 0.6) is 0 Å². The number of aromatic nitrogens is 2. The molecule has 1 aromatic rings. The SMILES string of the molecule is Cc1nn(C)c(C)c1S(=O)(=O)NC(C)(C)CCl. The van der Waals surface area contributed by atoms with Crippen molar-refractivity contribution in [1.29, 1.82) is 0 Å². The van der Waals surface area contributed by atoms with E-state index in [1.807, 2.05) is 0 Å². The monoisotopic (exact) mass is 279 g/mol. The van der Waals surface area contributed by atoms with Gasteiger partial charge in [-0.15, -0.1) is 11.6 Å². The fourth-order valence-corrected chi connectivity index (χ4v) is 3.58. The summed E-state index contributed by atoms with van der Waals surface area (Å²) in [6.45, 7) is 6.87. The van der Waals surface area contributed by atoms with E-state index in [9.17, 15) is 8.42 Å². The summed E-state index contributed by atoms with van der Waals surface area (Å²) in [4.78, 5) is 0.234. The van der Waals surface area contributed by atoms with Crippen LogP contribution in [0.4, 0.5) is 0 Å². The van der Waals surface area contributed by atoms with Gasteiger partial charge in [-0.25, -0.2) is 13.1 Å². The molecule has 0 bridgehead atoms. The van der Waals surface area contributed by atoms with Crippen molar-refractivity contribution in [2.45, 2.75) is 38.1 Å². The van der Waals surface area contributed by atoms with Crippen LogP contribution in [0.1, 0.15) is 25.2 Å². The lowest BCUT2D eigenvalue weighted by Crippen LogP contribution is -2.45. The summed E-state index contributed by atoms with van der Waals surface area (Å²) in [5.41, 5.74) is 0.415. The van der Waals surface area contributed by atoms with E-state index in [0.717, 1.165) is 0 Å². The standard InChI is InChI=1S/C10H18ClN3O2S/c1-7-9(8(2)14(5)12-7)17(15,16)13-10(3,4)6-11/h13H,6H2,1-5H3. The number of nitrogens with one attached hydrogen (secondary N) is 1. The first-order valence-corrected chi connectivity index (χ1v) is 7.22. The van der Waals surface area contributed by atoms with E-state index >= 15 is 0 Å². The molecule has 0 aromatic carbocycles. The van der Waals surface area contributed by atoms with Gasteiger partial charge in [-0.1, -0.05) is 0 Å². The maximum atomic E-state index is 12.2. The number of halogens is 1. The first kappa shape index (κ1) is 14.5. The van der Waals surface area contributed by atoms with E-state index in [0.29, 0.717) is 11.4 Å². The minimum absolute atomic E-state index is 0.199. The molecule has 0 unspecified atom stereocenters. The molecule has 17 heavy (non-hydrogen) atoms. The zero-order valence-corrected chi connectivity index (χ0v) is 12.3. The van der Waals surface area contributed by atoms with Gasteiger partial charge in [0.05, 0.1) is 11.4 Å². The molecule has 0 aliphatic rings. The lowest BCUT2D eigenvalue weighted by molar-refractivity contribution is 0.495. The van der Waals surface area contributed by atoms with Crippen LogP contribution in [-0.2, 0) is 17.1 Å². The zero-order chi connectivity index (χ0) is 13.4. The molecule has 98 valence electrons. The highest BCUT2D eigenvalue weighted by atomic mass is 35.5. The highest BCUT2D eigenvalue weighted by Crippen LogP contribution is 2.20. The number of hydrogen-bond donors (Lipinski definition) is 1. The van der Waals surface area contributed by atoms with Gasteiger partial charge in [0.15, 0.2) is 0 Å². The summed E-state index contributed by atoms with van der Waals surface area (Å²) >= 11 is 5.72. The summed E-state index contributed by atoms with van der Waals surface area (Å²) in [5.74, 6) is 0.199. The molecular formula is C10H18ClN3O2S. The molecule has 0 aliphatic heterocycles. The van der Waals surface area contributed by atoms with Crippen LogP contribution < -0.4 is 4.72 Å². The average molecular weight is 280 g/mol. The molecule has 5 nitrogen and oxygen atoms in total. The molecule has 1 heterocycles. The Morgan fingerprint density at radius 3 is 2.29 bits per heavy atom. The van der Waals surface area contributed by atoms with Crippen molar-refractivity contribution < 1.29 is 8.42 Å². The number of nitrogens with zero attached hydrogens (tertiary/aromatic N) is 2. The summed E-state index contributed by atoms with van der Waals surface area (Å²) in [7, 11) is -1.87. The Bertz CT molecular complexity index is 520.